The van der Waals surface area contributed by atoms with Crippen LogP contribution in [-0.2, 0) is 4.79 Å². The molecule has 1 amide bonds. The van der Waals surface area contributed by atoms with Gasteiger partial charge in [-0.15, -0.1) is 0 Å². The molecule has 0 radical (unpaired) electrons. The predicted molar refractivity (Wildman–Crippen MR) is 69.6 cm³/mol. The maximum absolute atomic E-state index is 11.7. The van der Waals surface area contributed by atoms with Gasteiger partial charge in [-0.05, 0) is 18.6 Å². The lowest BCUT2D eigenvalue weighted by Crippen LogP contribution is -2.35. The monoisotopic (exact) mass is 271 g/mol. The predicted octanol–water partition coefficient (Wildman–Crippen LogP) is 2.31. The van der Waals surface area contributed by atoms with Crippen LogP contribution < -0.4 is 11.1 Å². The number of nitrogens with one attached hydrogen (secondary N) is 1. The number of carbonyl (C=O) groups excluding carboxylic acids is 1. The summed E-state index contributed by atoms with van der Waals surface area (Å²) in [6, 6.07) is 3.36. The summed E-state index contributed by atoms with van der Waals surface area (Å²) in [7, 11) is 0. The third kappa shape index (κ3) is 3.68. The highest BCUT2D eigenvalue weighted by Gasteiger charge is 2.19. The molecule has 1 aromatic rings. The first-order valence-electron chi connectivity index (χ1n) is 5.46. The van der Waals surface area contributed by atoms with Gasteiger partial charge in [0.1, 0.15) is 5.69 Å². The lowest BCUT2D eigenvalue weighted by atomic mass is 10.1. The van der Waals surface area contributed by atoms with E-state index < -0.39 is 16.9 Å². The topological polar surface area (TPSA) is 98.3 Å². The van der Waals surface area contributed by atoms with E-state index in [1.165, 1.54) is 18.2 Å². The summed E-state index contributed by atoms with van der Waals surface area (Å²) < 4.78 is 0. The van der Waals surface area contributed by atoms with Gasteiger partial charge in [0.05, 0.1) is 11.0 Å². The van der Waals surface area contributed by atoms with Crippen LogP contribution in [0, 0.1) is 10.1 Å². The molecule has 0 bridgehead atoms. The Bertz CT molecular complexity index is 465. The van der Waals surface area contributed by atoms with Gasteiger partial charge in [-0.2, -0.15) is 0 Å². The molecule has 0 heterocycles. The average molecular weight is 272 g/mol. The number of rotatable bonds is 5. The second kappa shape index (κ2) is 6.32. The van der Waals surface area contributed by atoms with Crippen molar-refractivity contribution < 1.29 is 9.72 Å². The molecule has 1 unspecified atom stereocenters. The summed E-state index contributed by atoms with van der Waals surface area (Å²) in [5.41, 5.74) is 5.47. The minimum Gasteiger partial charge on any atom is -0.320 e. The molecule has 0 fully saturated rings. The SMILES string of the molecule is CCCC(N)C(=O)Nc1ccc(Cl)cc1[N+](=O)[O-]. The van der Waals surface area contributed by atoms with Crippen molar-refractivity contribution in [1.82, 2.24) is 0 Å². The fourth-order valence-electron chi connectivity index (χ4n) is 1.43. The summed E-state index contributed by atoms with van der Waals surface area (Å²) in [6.45, 7) is 1.90. The van der Waals surface area contributed by atoms with Crippen molar-refractivity contribution in [2.24, 2.45) is 5.73 Å². The lowest BCUT2D eigenvalue weighted by molar-refractivity contribution is -0.383. The summed E-state index contributed by atoms with van der Waals surface area (Å²) >= 11 is 5.67. The highest BCUT2D eigenvalue weighted by atomic mass is 35.5. The first-order valence-corrected chi connectivity index (χ1v) is 5.84. The maximum atomic E-state index is 11.7. The van der Waals surface area contributed by atoms with Crippen LogP contribution in [0.25, 0.3) is 0 Å². The van der Waals surface area contributed by atoms with Crippen LogP contribution in [0.3, 0.4) is 0 Å². The van der Waals surface area contributed by atoms with Gasteiger partial charge in [-0.1, -0.05) is 24.9 Å². The van der Waals surface area contributed by atoms with E-state index in [-0.39, 0.29) is 16.4 Å². The normalized spacial score (nSPS) is 11.9. The van der Waals surface area contributed by atoms with E-state index in [0.29, 0.717) is 6.42 Å². The van der Waals surface area contributed by atoms with Crippen molar-refractivity contribution in [2.45, 2.75) is 25.8 Å². The molecule has 0 aliphatic carbocycles. The quantitative estimate of drug-likeness (QED) is 0.634. The molecule has 3 N–H and O–H groups in total. The van der Waals surface area contributed by atoms with Gasteiger partial charge in [0.15, 0.2) is 0 Å². The van der Waals surface area contributed by atoms with Gasteiger partial charge in [0.2, 0.25) is 5.91 Å². The van der Waals surface area contributed by atoms with Gasteiger partial charge >= 0.3 is 0 Å². The Morgan fingerprint density at radius 3 is 2.83 bits per heavy atom. The molecule has 0 saturated heterocycles. The Balaban J connectivity index is 2.90. The first-order chi connectivity index (χ1) is 8.45. The molecule has 1 aromatic carbocycles. The molecule has 0 spiro atoms. The summed E-state index contributed by atoms with van der Waals surface area (Å²) in [4.78, 5) is 21.9. The second-order valence-electron chi connectivity index (χ2n) is 3.80. The minimum absolute atomic E-state index is 0.0981. The second-order valence-corrected chi connectivity index (χ2v) is 4.24. The Morgan fingerprint density at radius 1 is 1.61 bits per heavy atom. The van der Waals surface area contributed by atoms with E-state index >= 15 is 0 Å². The van der Waals surface area contributed by atoms with Crippen LogP contribution >= 0.6 is 11.6 Å². The number of nitro benzene ring substituents is 1. The van der Waals surface area contributed by atoms with E-state index in [1.807, 2.05) is 6.92 Å². The highest BCUT2D eigenvalue weighted by Crippen LogP contribution is 2.27. The lowest BCUT2D eigenvalue weighted by Gasteiger charge is -2.11. The van der Waals surface area contributed by atoms with Gasteiger partial charge in [0.25, 0.3) is 5.69 Å². The van der Waals surface area contributed by atoms with Crippen molar-refractivity contribution in [2.75, 3.05) is 5.32 Å². The largest absolute Gasteiger partial charge is 0.320 e. The molecule has 0 aliphatic rings. The molecule has 98 valence electrons. The number of amides is 1. The van der Waals surface area contributed by atoms with E-state index in [4.69, 9.17) is 17.3 Å². The number of nitrogens with two attached hydrogens (primary N) is 1. The first kappa shape index (κ1) is 14.4. The maximum Gasteiger partial charge on any atom is 0.294 e. The van der Waals surface area contributed by atoms with Crippen LogP contribution in [0.5, 0.6) is 0 Å². The van der Waals surface area contributed by atoms with Crippen LogP contribution in [-0.4, -0.2) is 16.9 Å². The Morgan fingerprint density at radius 2 is 2.28 bits per heavy atom. The Hall–Kier alpha value is -1.66. The van der Waals surface area contributed by atoms with E-state index in [2.05, 4.69) is 5.32 Å². The zero-order valence-electron chi connectivity index (χ0n) is 9.85. The van der Waals surface area contributed by atoms with E-state index in [0.717, 1.165) is 6.42 Å². The number of hydrogen-bond donors (Lipinski definition) is 2. The molecule has 1 rings (SSSR count). The number of nitrogens with zero attached hydrogens (tertiary/aromatic N) is 1. The molecule has 6 nitrogen and oxygen atoms in total. The fraction of sp³-hybridized carbons (Fsp3) is 0.364. The van der Waals surface area contributed by atoms with Gasteiger partial charge in [-0.25, -0.2) is 0 Å². The van der Waals surface area contributed by atoms with Gasteiger partial charge in [-0.3, -0.25) is 14.9 Å². The van der Waals surface area contributed by atoms with Crippen molar-refractivity contribution in [3.63, 3.8) is 0 Å². The van der Waals surface area contributed by atoms with E-state index in [1.54, 1.807) is 0 Å². The molecule has 1 atom stereocenters. The van der Waals surface area contributed by atoms with Crippen molar-refractivity contribution >= 4 is 28.9 Å². The molecular weight excluding hydrogens is 258 g/mol. The van der Waals surface area contributed by atoms with Crippen LogP contribution in [0.15, 0.2) is 18.2 Å². The molecule has 0 saturated carbocycles. The summed E-state index contributed by atoms with van der Waals surface area (Å²) in [6.07, 6.45) is 1.28. The van der Waals surface area contributed by atoms with Crippen LogP contribution in [0.4, 0.5) is 11.4 Å². The number of carbonyl (C=O) groups is 1. The Labute approximate surface area is 109 Å². The average Bonchev–Trinajstić information content (AvgIpc) is 2.31. The van der Waals surface area contributed by atoms with Gasteiger partial charge < -0.3 is 11.1 Å². The zero-order chi connectivity index (χ0) is 13.7. The zero-order valence-corrected chi connectivity index (χ0v) is 10.6. The number of hydrogen-bond acceptors (Lipinski definition) is 4. The minimum atomic E-state index is -0.676. The standard InChI is InChI=1S/C11H14ClN3O3/c1-2-3-8(13)11(16)14-9-5-4-7(12)6-10(9)15(17)18/h4-6,8H,2-3,13H2,1H3,(H,14,16). The third-order valence-electron chi connectivity index (χ3n) is 2.35. The molecule has 0 aromatic heterocycles. The van der Waals surface area contributed by atoms with Crippen LogP contribution in [0.1, 0.15) is 19.8 Å². The highest BCUT2D eigenvalue weighted by molar-refractivity contribution is 6.31. The van der Waals surface area contributed by atoms with Crippen molar-refractivity contribution in [3.8, 4) is 0 Å². The number of halogens is 1. The Kier molecular flexibility index (Phi) is 5.06. The van der Waals surface area contributed by atoms with Crippen molar-refractivity contribution in [1.29, 1.82) is 0 Å². The third-order valence-corrected chi connectivity index (χ3v) is 2.59. The van der Waals surface area contributed by atoms with E-state index in [9.17, 15) is 14.9 Å². The van der Waals surface area contributed by atoms with Crippen molar-refractivity contribution in [3.05, 3.63) is 33.3 Å². The summed E-state index contributed by atoms with van der Waals surface area (Å²) in [5.74, 6) is -0.442. The number of benzene rings is 1. The summed E-state index contributed by atoms with van der Waals surface area (Å²) in [5, 5.41) is 13.5. The smallest absolute Gasteiger partial charge is 0.294 e. The molecule has 18 heavy (non-hydrogen) atoms. The number of anilines is 1. The van der Waals surface area contributed by atoms with Crippen LogP contribution in [0.2, 0.25) is 5.02 Å². The molecule has 7 heteroatoms. The molecule has 0 aliphatic heterocycles. The fourth-order valence-corrected chi connectivity index (χ4v) is 1.60. The van der Waals surface area contributed by atoms with Gasteiger partial charge in [0, 0.05) is 11.1 Å². The molecular formula is C11H14ClN3O3. The number of nitro groups is 1.